The summed E-state index contributed by atoms with van der Waals surface area (Å²) in [6.45, 7) is 2.96. The van der Waals surface area contributed by atoms with Crippen molar-refractivity contribution in [2.24, 2.45) is 11.7 Å². The number of nitrogens with two attached hydrogens (primary N) is 1. The van der Waals surface area contributed by atoms with Crippen LogP contribution in [0.15, 0.2) is 48.5 Å². The quantitative estimate of drug-likeness (QED) is 0.246. The third-order valence-corrected chi connectivity index (χ3v) is 5.61. The van der Waals surface area contributed by atoms with Crippen LogP contribution in [0.2, 0.25) is 0 Å². The lowest BCUT2D eigenvalue weighted by molar-refractivity contribution is -0.130. The lowest BCUT2D eigenvalue weighted by Crippen LogP contribution is -2.51. The van der Waals surface area contributed by atoms with Crippen LogP contribution in [0.4, 0.5) is 4.39 Å². The summed E-state index contributed by atoms with van der Waals surface area (Å²) in [5.41, 5.74) is 5.58. The molecule has 0 aliphatic rings. The Hall–Kier alpha value is -4.79. The van der Waals surface area contributed by atoms with Crippen molar-refractivity contribution in [1.29, 1.82) is 5.26 Å². The number of rotatable bonds is 13. The minimum absolute atomic E-state index is 0. The zero-order valence-corrected chi connectivity index (χ0v) is 21.6. The van der Waals surface area contributed by atoms with Gasteiger partial charge >= 0.3 is 0 Å². The minimum Gasteiger partial charge on any atom is -0.368 e. The van der Waals surface area contributed by atoms with Gasteiger partial charge in [0.05, 0.1) is 12.1 Å². The number of hydrogen-bond acceptors (Lipinski definition) is 6. The Bertz CT molecular complexity index is 1250. The second-order valence-electron chi connectivity index (χ2n) is 9.04. The fourth-order valence-corrected chi connectivity index (χ4v) is 3.54. The molecule has 2 atom stereocenters. The van der Waals surface area contributed by atoms with Gasteiger partial charge < -0.3 is 27.0 Å². The Morgan fingerprint density at radius 3 is 2.25 bits per heavy atom. The van der Waals surface area contributed by atoms with E-state index in [4.69, 9.17) is 11.0 Å². The van der Waals surface area contributed by atoms with E-state index in [0.29, 0.717) is 0 Å². The summed E-state index contributed by atoms with van der Waals surface area (Å²) in [6, 6.07) is 11.9. The molecule has 0 aliphatic heterocycles. The summed E-state index contributed by atoms with van der Waals surface area (Å²) in [4.78, 5) is 61.5. The van der Waals surface area contributed by atoms with Crippen molar-refractivity contribution < 1.29 is 28.4 Å². The van der Waals surface area contributed by atoms with E-state index in [2.05, 4.69) is 21.3 Å². The number of carbonyl (C=O) groups is 5. The van der Waals surface area contributed by atoms with Gasteiger partial charge in [-0.25, -0.2) is 4.39 Å². The predicted molar refractivity (Wildman–Crippen MR) is 146 cm³/mol. The number of carbonyl (C=O) groups excluding carboxylic acids is 5. The van der Waals surface area contributed by atoms with Crippen LogP contribution in [-0.4, -0.2) is 54.7 Å². The van der Waals surface area contributed by atoms with Crippen LogP contribution in [0.25, 0.3) is 0 Å². The van der Waals surface area contributed by atoms with Crippen LogP contribution in [-0.2, 0) is 25.6 Å². The molecule has 0 saturated heterocycles. The summed E-state index contributed by atoms with van der Waals surface area (Å²) in [5.74, 6) is -4.14. The number of amides is 5. The maximum Gasteiger partial charge on any atom is 0.251 e. The van der Waals surface area contributed by atoms with Gasteiger partial charge in [0, 0.05) is 24.9 Å². The van der Waals surface area contributed by atoms with E-state index in [1.807, 2.05) is 6.07 Å². The summed E-state index contributed by atoms with van der Waals surface area (Å²) in [6.07, 6.45) is 0.00424. The van der Waals surface area contributed by atoms with Crippen LogP contribution in [0.3, 0.4) is 0 Å². The molecule has 0 aliphatic carbocycles. The van der Waals surface area contributed by atoms with Crippen molar-refractivity contribution in [3.63, 3.8) is 0 Å². The number of nitrogens with zero attached hydrogens (tertiary/aromatic N) is 1. The Labute approximate surface area is 232 Å². The van der Waals surface area contributed by atoms with Crippen molar-refractivity contribution in [3.8, 4) is 6.07 Å². The lowest BCUT2D eigenvalue weighted by Gasteiger charge is -2.22. The molecule has 0 spiro atoms. The molecule has 12 heteroatoms. The SMILES string of the molecule is C.CC(C)[C@H](NC(=O)c1ccc([18F])c(C#N)c1)C(=O)NCCC(=O)N[C@@H](Cc1ccccc1)C(=O)NCC(N)=O. The Morgan fingerprint density at radius 1 is 0.975 bits per heavy atom. The van der Waals surface area contributed by atoms with E-state index >= 15 is 0 Å². The molecule has 0 saturated carbocycles. The third kappa shape index (κ3) is 10.5. The predicted octanol–water partition coefficient (Wildman–Crippen LogP) is 0.923. The fraction of sp³-hybridized carbons (Fsp3) is 0.357. The summed E-state index contributed by atoms with van der Waals surface area (Å²) >= 11 is 0. The molecule has 0 fully saturated rings. The first-order chi connectivity index (χ1) is 18.5. The highest BCUT2D eigenvalue weighted by molar-refractivity contribution is 5.98. The third-order valence-electron chi connectivity index (χ3n) is 5.61. The molecule has 2 aromatic carbocycles. The number of halogens is 1. The molecule has 0 radical (unpaired) electrons. The zero-order valence-electron chi connectivity index (χ0n) is 21.6. The molecular weight excluding hydrogens is 518 g/mol. The molecule has 40 heavy (non-hydrogen) atoms. The van der Waals surface area contributed by atoms with Gasteiger partial charge in [0.25, 0.3) is 5.91 Å². The monoisotopic (exact) mass is 553 g/mol. The molecule has 0 heterocycles. The van der Waals surface area contributed by atoms with Crippen LogP contribution in [0.5, 0.6) is 0 Å². The number of nitriles is 1. The van der Waals surface area contributed by atoms with Gasteiger partial charge in [-0.1, -0.05) is 51.6 Å². The molecule has 0 aromatic heterocycles. The van der Waals surface area contributed by atoms with E-state index in [1.165, 1.54) is 6.07 Å². The van der Waals surface area contributed by atoms with Crippen LogP contribution in [0.1, 0.15) is 49.2 Å². The van der Waals surface area contributed by atoms with Crippen molar-refractivity contribution in [3.05, 3.63) is 71.0 Å². The van der Waals surface area contributed by atoms with Crippen molar-refractivity contribution in [1.82, 2.24) is 21.3 Å². The molecule has 2 aromatic rings. The van der Waals surface area contributed by atoms with Crippen molar-refractivity contribution in [2.75, 3.05) is 13.1 Å². The highest BCUT2D eigenvalue weighted by atomic mass is 18.2. The largest absolute Gasteiger partial charge is 0.368 e. The molecule has 0 unspecified atom stereocenters. The smallest absolute Gasteiger partial charge is 0.251 e. The van der Waals surface area contributed by atoms with E-state index in [9.17, 15) is 28.4 Å². The van der Waals surface area contributed by atoms with Crippen LogP contribution >= 0.6 is 0 Å². The van der Waals surface area contributed by atoms with Crippen molar-refractivity contribution >= 4 is 29.5 Å². The maximum absolute atomic E-state index is 13.6. The van der Waals surface area contributed by atoms with Crippen LogP contribution in [0, 0.1) is 23.1 Å². The molecule has 5 amide bonds. The van der Waals surface area contributed by atoms with Gasteiger partial charge in [0.15, 0.2) is 0 Å². The molecule has 6 N–H and O–H groups in total. The van der Waals surface area contributed by atoms with Gasteiger partial charge in [-0.05, 0) is 29.7 Å². The Morgan fingerprint density at radius 2 is 1.65 bits per heavy atom. The molecule has 11 nitrogen and oxygen atoms in total. The average Bonchev–Trinajstić information content (AvgIpc) is 2.90. The molecule has 2 rings (SSSR count). The zero-order chi connectivity index (χ0) is 28.9. The average molecular weight is 554 g/mol. The van der Waals surface area contributed by atoms with Gasteiger partial charge in [0.1, 0.15) is 24.0 Å². The highest BCUT2D eigenvalue weighted by Crippen LogP contribution is 2.11. The topological polar surface area (TPSA) is 183 Å². The van der Waals surface area contributed by atoms with E-state index < -0.39 is 47.4 Å². The minimum atomic E-state index is -0.980. The highest BCUT2D eigenvalue weighted by Gasteiger charge is 2.26. The second-order valence-corrected chi connectivity index (χ2v) is 9.04. The first-order valence-electron chi connectivity index (χ1n) is 12.2. The van der Waals surface area contributed by atoms with Gasteiger partial charge in [-0.15, -0.1) is 0 Å². The number of nitrogens with one attached hydrogen (secondary N) is 4. The number of primary amides is 1. The molecule has 214 valence electrons. The summed E-state index contributed by atoms with van der Waals surface area (Å²) < 4.78 is 13.6. The van der Waals surface area contributed by atoms with Crippen molar-refractivity contribution in [2.45, 2.75) is 46.2 Å². The van der Waals surface area contributed by atoms with Gasteiger partial charge in [0.2, 0.25) is 23.6 Å². The van der Waals surface area contributed by atoms with Gasteiger partial charge in [-0.3, -0.25) is 24.0 Å². The Balaban J connectivity index is 0.00000800. The first kappa shape index (κ1) is 33.2. The summed E-state index contributed by atoms with van der Waals surface area (Å²) in [5, 5.41) is 19.1. The van der Waals surface area contributed by atoms with Gasteiger partial charge in [-0.2, -0.15) is 5.26 Å². The molecule has 0 bridgehead atoms. The number of hydrogen-bond donors (Lipinski definition) is 5. The standard InChI is InChI=1S/C27H31FN6O5.CH4/c1-16(2)24(34-25(37)18-8-9-20(28)19(13-18)14-29)27(39)31-11-10-23(36)33-21(26(38)32-15-22(30)35)12-17-6-4-3-5-7-17;/h3-9,13,16,21,24H,10-12,15H2,1-2H3,(H2,30,35)(H,31,39)(H,32,38)(H,33,36)(H,34,37);1H4/t21-,24-;/m0./s1/i28-1;. The molecular formula is C28H35FN6O5. The Kier molecular flexibility index (Phi) is 13.5. The maximum atomic E-state index is 13.6. The lowest BCUT2D eigenvalue weighted by atomic mass is 10.0. The van der Waals surface area contributed by atoms with E-state index in [1.54, 1.807) is 44.2 Å². The van der Waals surface area contributed by atoms with Crippen LogP contribution < -0.4 is 27.0 Å². The number of benzene rings is 2. The second kappa shape index (κ2) is 16.2. The van der Waals surface area contributed by atoms with E-state index in [0.717, 1.165) is 17.7 Å². The first-order valence-corrected chi connectivity index (χ1v) is 12.2. The summed E-state index contributed by atoms with van der Waals surface area (Å²) in [7, 11) is 0. The normalized spacial score (nSPS) is 11.7. The van der Waals surface area contributed by atoms with E-state index in [-0.39, 0.29) is 50.4 Å². The fourth-order valence-electron chi connectivity index (χ4n) is 3.54.